The number of rotatable bonds is 6. The number of aliphatic carboxylic acids is 1. The van der Waals surface area contributed by atoms with E-state index < -0.39 is 24.1 Å². The molecule has 1 heterocycles. The second kappa shape index (κ2) is 7.38. The molecule has 1 aromatic heterocycles. The van der Waals surface area contributed by atoms with Crippen LogP contribution in [-0.2, 0) is 20.7 Å². The molecule has 1 N–H and O–H groups in total. The Balaban J connectivity index is 2.41. The quantitative estimate of drug-likeness (QED) is 0.802. The zero-order valence-corrected chi connectivity index (χ0v) is 14.7. The minimum atomic E-state index is -1.10. The van der Waals surface area contributed by atoms with Crippen LogP contribution in [0.2, 0.25) is 0 Å². The maximum Gasteiger partial charge on any atom is 0.341 e. The molecule has 7 heteroatoms. The highest BCUT2D eigenvalue weighted by molar-refractivity contribution is 5.88. The van der Waals surface area contributed by atoms with Gasteiger partial charge in [0.25, 0.3) is 0 Å². The number of esters is 1. The van der Waals surface area contributed by atoms with Gasteiger partial charge in [0.1, 0.15) is 11.4 Å². The number of aromatic nitrogens is 1. The lowest BCUT2D eigenvalue weighted by atomic mass is 10.1. The molecular formula is C18H21NO6. The van der Waals surface area contributed by atoms with Gasteiger partial charge >= 0.3 is 11.9 Å². The molecule has 25 heavy (non-hydrogen) atoms. The zero-order chi connectivity index (χ0) is 18.6. The first-order chi connectivity index (χ1) is 11.7. The number of nitrogens with zero attached hydrogens (tertiary/aromatic N) is 1. The molecule has 7 nitrogen and oxygen atoms in total. The maximum absolute atomic E-state index is 12.2. The minimum Gasteiger partial charge on any atom is -0.496 e. The molecule has 134 valence electrons. The van der Waals surface area contributed by atoms with Crippen molar-refractivity contribution < 1.29 is 28.9 Å². The highest BCUT2D eigenvalue weighted by Crippen LogP contribution is 2.29. The van der Waals surface area contributed by atoms with Crippen molar-refractivity contribution in [3.63, 3.8) is 0 Å². The fraction of sp³-hybridized carbons (Fsp3) is 0.389. The van der Waals surface area contributed by atoms with Crippen molar-refractivity contribution in [1.82, 2.24) is 4.98 Å². The topological polar surface area (TPSA) is 95.0 Å². The Bertz CT molecular complexity index is 794. The van der Waals surface area contributed by atoms with Crippen molar-refractivity contribution in [3.8, 4) is 11.6 Å². The van der Waals surface area contributed by atoms with Crippen molar-refractivity contribution in [2.24, 2.45) is 0 Å². The van der Waals surface area contributed by atoms with Gasteiger partial charge in [-0.05, 0) is 39.0 Å². The molecule has 2 rings (SSSR count). The van der Waals surface area contributed by atoms with Gasteiger partial charge in [0.05, 0.1) is 19.0 Å². The molecule has 0 unspecified atom stereocenters. The number of ether oxygens (including phenoxy) is 3. The van der Waals surface area contributed by atoms with Crippen LogP contribution in [0.4, 0.5) is 0 Å². The van der Waals surface area contributed by atoms with E-state index in [-0.39, 0.29) is 12.3 Å². The van der Waals surface area contributed by atoms with E-state index in [0.717, 1.165) is 5.39 Å². The van der Waals surface area contributed by atoms with Crippen molar-refractivity contribution in [3.05, 3.63) is 29.8 Å². The molecule has 1 aromatic carbocycles. The fourth-order valence-electron chi connectivity index (χ4n) is 2.31. The number of pyridine rings is 1. The Kier molecular flexibility index (Phi) is 5.46. The van der Waals surface area contributed by atoms with Crippen LogP contribution in [0.1, 0.15) is 26.3 Å². The molecule has 0 aliphatic carbocycles. The van der Waals surface area contributed by atoms with Crippen LogP contribution in [0.3, 0.4) is 0 Å². The molecular weight excluding hydrogens is 326 g/mol. The summed E-state index contributed by atoms with van der Waals surface area (Å²) < 4.78 is 15.8. The van der Waals surface area contributed by atoms with E-state index in [1.807, 2.05) is 0 Å². The van der Waals surface area contributed by atoms with E-state index >= 15 is 0 Å². The van der Waals surface area contributed by atoms with Crippen molar-refractivity contribution in [2.75, 3.05) is 13.7 Å². The summed E-state index contributed by atoms with van der Waals surface area (Å²) >= 11 is 0. The Morgan fingerprint density at radius 3 is 2.44 bits per heavy atom. The van der Waals surface area contributed by atoms with Crippen molar-refractivity contribution in [2.45, 2.75) is 32.8 Å². The molecule has 0 saturated carbocycles. The Labute approximate surface area is 145 Å². The van der Waals surface area contributed by atoms with Crippen LogP contribution >= 0.6 is 0 Å². The predicted molar refractivity (Wildman–Crippen MR) is 91.0 cm³/mol. The Morgan fingerprint density at radius 1 is 1.16 bits per heavy atom. The molecule has 2 aromatic rings. The van der Waals surface area contributed by atoms with E-state index in [2.05, 4.69) is 4.98 Å². The first-order valence-electron chi connectivity index (χ1n) is 7.72. The molecule has 0 aliphatic rings. The first kappa shape index (κ1) is 18.5. The number of carboxylic acid groups (broad SMARTS) is 1. The lowest BCUT2D eigenvalue weighted by Crippen LogP contribution is -2.25. The van der Waals surface area contributed by atoms with Gasteiger partial charge in [0.15, 0.2) is 6.61 Å². The second-order valence-corrected chi connectivity index (χ2v) is 6.41. The van der Waals surface area contributed by atoms with E-state index in [0.29, 0.717) is 16.8 Å². The molecule has 0 spiro atoms. The largest absolute Gasteiger partial charge is 0.496 e. The third-order valence-corrected chi connectivity index (χ3v) is 3.20. The SMILES string of the molecule is COc1ccc2ccc(OCC(=O)O)nc2c1CC(=O)OC(C)(C)C. The maximum atomic E-state index is 12.2. The molecule has 0 bridgehead atoms. The smallest absolute Gasteiger partial charge is 0.341 e. The van der Waals surface area contributed by atoms with Crippen LogP contribution in [0.25, 0.3) is 10.9 Å². The van der Waals surface area contributed by atoms with E-state index in [1.165, 1.54) is 7.11 Å². The number of fused-ring (bicyclic) bond motifs is 1. The van der Waals surface area contributed by atoms with E-state index in [9.17, 15) is 9.59 Å². The Morgan fingerprint density at radius 2 is 1.84 bits per heavy atom. The van der Waals surface area contributed by atoms with Crippen molar-refractivity contribution >= 4 is 22.8 Å². The minimum absolute atomic E-state index is 0.0207. The third kappa shape index (κ3) is 5.07. The normalized spacial score (nSPS) is 11.2. The zero-order valence-electron chi connectivity index (χ0n) is 14.7. The second-order valence-electron chi connectivity index (χ2n) is 6.41. The Hall–Kier alpha value is -2.83. The van der Waals surface area contributed by atoms with E-state index in [4.69, 9.17) is 19.3 Å². The van der Waals surface area contributed by atoms with Crippen LogP contribution in [0.15, 0.2) is 24.3 Å². The van der Waals surface area contributed by atoms with Gasteiger partial charge in [-0.3, -0.25) is 4.79 Å². The van der Waals surface area contributed by atoms with Crippen LogP contribution in [0, 0.1) is 0 Å². The molecule has 0 fully saturated rings. The predicted octanol–water partition coefficient (Wildman–Crippen LogP) is 2.59. The average molecular weight is 347 g/mol. The highest BCUT2D eigenvalue weighted by atomic mass is 16.6. The number of carbonyl (C=O) groups excluding carboxylic acids is 1. The molecule has 0 radical (unpaired) electrons. The van der Waals surface area contributed by atoms with Gasteiger partial charge in [0.2, 0.25) is 5.88 Å². The van der Waals surface area contributed by atoms with Crippen LogP contribution < -0.4 is 9.47 Å². The average Bonchev–Trinajstić information content (AvgIpc) is 2.51. The van der Waals surface area contributed by atoms with Gasteiger partial charge in [-0.15, -0.1) is 0 Å². The van der Waals surface area contributed by atoms with Gasteiger partial charge < -0.3 is 19.3 Å². The summed E-state index contributed by atoms with van der Waals surface area (Å²) in [6, 6.07) is 6.88. The number of carboxylic acids is 1. The summed E-state index contributed by atoms with van der Waals surface area (Å²) in [7, 11) is 1.50. The first-order valence-corrected chi connectivity index (χ1v) is 7.72. The summed E-state index contributed by atoms with van der Waals surface area (Å²) in [4.78, 5) is 27.2. The number of carbonyl (C=O) groups is 2. The standard InChI is InChI=1S/C18H21NO6/c1-18(2,3)25-16(22)9-12-13(23-4)7-5-11-6-8-14(19-17(11)12)24-10-15(20)21/h5-8H,9-10H2,1-4H3,(H,20,21). The van der Waals surface area contributed by atoms with Crippen LogP contribution in [0.5, 0.6) is 11.6 Å². The highest BCUT2D eigenvalue weighted by Gasteiger charge is 2.20. The molecule has 0 saturated heterocycles. The number of methoxy groups -OCH3 is 1. The fourth-order valence-corrected chi connectivity index (χ4v) is 2.31. The van der Waals surface area contributed by atoms with E-state index in [1.54, 1.807) is 45.0 Å². The molecule has 0 amide bonds. The van der Waals surface area contributed by atoms with Gasteiger partial charge in [-0.25, -0.2) is 9.78 Å². The summed E-state index contributed by atoms with van der Waals surface area (Å²) in [6.45, 7) is 4.88. The summed E-state index contributed by atoms with van der Waals surface area (Å²) in [5.74, 6) is -0.840. The molecule has 0 aliphatic heterocycles. The number of hydrogen-bond donors (Lipinski definition) is 1. The van der Waals surface area contributed by atoms with Gasteiger partial charge in [-0.2, -0.15) is 0 Å². The number of benzene rings is 1. The third-order valence-electron chi connectivity index (χ3n) is 3.20. The summed E-state index contributed by atoms with van der Waals surface area (Å²) in [5.41, 5.74) is 0.473. The monoisotopic (exact) mass is 347 g/mol. The van der Waals surface area contributed by atoms with Crippen molar-refractivity contribution in [1.29, 1.82) is 0 Å². The van der Waals surface area contributed by atoms with Gasteiger partial charge in [0, 0.05) is 17.0 Å². The lowest BCUT2D eigenvalue weighted by Gasteiger charge is -2.20. The van der Waals surface area contributed by atoms with Gasteiger partial charge in [-0.1, -0.05) is 0 Å². The summed E-state index contributed by atoms with van der Waals surface area (Å²) in [6.07, 6.45) is -0.0207. The number of hydrogen-bond acceptors (Lipinski definition) is 6. The summed E-state index contributed by atoms with van der Waals surface area (Å²) in [5, 5.41) is 9.50. The van der Waals surface area contributed by atoms with Crippen LogP contribution in [-0.4, -0.2) is 41.3 Å². The molecule has 0 atom stereocenters. The lowest BCUT2D eigenvalue weighted by molar-refractivity contribution is -0.154.